The van der Waals surface area contributed by atoms with Gasteiger partial charge in [0.25, 0.3) is 0 Å². The lowest BCUT2D eigenvalue weighted by Crippen LogP contribution is -2.71. The Bertz CT molecular complexity index is 3890. The van der Waals surface area contributed by atoms with Gasteiger partial charge in [-0.2, -0.15) is 0 Å². The highest BCUT2D eigenvalue weighted by atomic mass is 35.5. The number of rotatable bonds is 35. The van der Waals surface area contributed by atoms with Crippen LogP contribution in [0.3, 0.4) is 0 Å². The normalized spacial score (nSPS) is 33.6. The third-order valence-electron chi connectivity index (χ3n) is 21.8. The molecule has 21 aliphatic heterocycles. The summed E-state index contributed by atoms with van der Waals surface area (Å²) in [6.45, 7) is 4.45. The molecule has 35 atom stereocenters. The van der Waals surface area contributed by atoms with Crippen molar-refractivity contribution in [2.45, 2.75) is 312 Å². The van der Waals surface area contributed by atoms with Crippen molar-refractivity contribution < 1.29 is 233 Å². The van der Waals surface area contributed by atoms with Gasteiger partial charge in [-0.25, -0.2) is 0 Å². The Morgan fingerprint density at radius 2 is 0.245 bits per heavy atom. The zero-order valence-electron chi connectivity index (χ0n) is 80.8. The molecule has 147 heavy (non-hydrogen) atoms. The topological polar surface area (TPSA) is 701 Å². The molecule has 0 aromatic heterocycles. The van der Waals surface area contributed by atoms with Crippen LogP contribution >= 0.6 is 81.2 Å². The smallest absolute Gasteiger partial charge is 0.303 e. The van der Waals surface area contributed by atoms with Crippen LogP contribution in [-0.2, 0) is 233 Å². The Labute approximate surface area is 871 Å². The van der Waals surface area contributed by atoms with Crippen LogP contribution in [0.2, 0.25) is 0 Å². The van der Waals surface area contributed by atoms with Crippen molar-refractivity contribution in [1.82, 2.24) is 37.2 Å². The molecule has 0 aliphatic carbocycles. The summed E-state index contributed by atoms with van der Waals surface area (Å²) in [7, 11) is 0. The summed E-state index contributed by atoms with van der Waals surface area (Å²) in [4.78, 5) is 292. The molecule has 0 aromatic carbocycles. The van der Waals surface area contributed by atoms with Crippen molar-refractivity contribution in [3.63, 3.8) is 0 Å². The second kappa shape index (κ2) is 58.1. The van der Waals surface area contributed by atoms with E-state index in [0.29, 0.717) is 0 Å². The lowest BCUT2D eigenvalue weighted by Gasteiger charge is -2.52. The van der Waals surface area contributed by atoms with E-state index in [-0.39, 0.29) is 0 Å². The van der Waals surface area contributed by atoms with Crippen LogP contribution in [0.15, 0.2) is 0 Å². The number of alkyl halides is 7. The number of esters is 14. The fraction of sp³-hybridized carbons (Fsp3) is 0.750. The van der Waals surface area contributed by atoms with Crippen LogP contribution in [0, 0.1) is 0 Å². The number of hydrogen-bond donors (Lipinski definition) is 7. The van der Waals surface area contributed by atoms with Crippen molar-refractivity contribution >= 4 is 206 Å². The first-order chi connectivity index (χ1) is 69.4. The first kappa shape index (κ1) is 123. The van der Waals surface area contributed by atoms with Gasteiger partial charge in [0.1, 0.15) is 127 Å². The van der Waals surface area contributed by atoms with Gasteiger partial charge in [0.05, 0.1) is 0 Å². The van der Waals surface area contributed by atoms with Gasteiger partial charge < -0.3 is 170 Å². The summed E-state index contributed by atoms with van der Waals surface area (Å²) in [5.41, 5.74) is 0. The van der Waals surface area contributed by atoms with Crippen molar-refractivity contribution in [2.24, 2.45) is 0 Å². The van der Waals surface area contributed by atoms with E-state index >= 15 is 0 Å². The lowest BCUT2D eigenvalue weighted by atomic mass is 9.93. The number of halogens is 7. The van der Waals surface area contributed by atoms with Crippen LogP contribution in [0.25, 0.3) is 0 Å². The van der Waals surface area contributed by atoms with Gasteiger partial charge in [-0.15, -0.1) is 81.2 Å². The van der Waals surface area contributed by atoms with Crippen LogP contribution in [0.4, 0.5) is 0 Å². The zero-order valence-corrected chi connectivity index (χ0v) is 86.0. The Kier molecular flexibility index (Phi) is 48.4. The van der Waals surface area contributed by atoms with Crippen molar-refractivity contribution in [1.29, 1.82) is 0 Å². The first-order valence-electron chi connectivity index (χ1n) is 44.8. The molecule has 21 saturated heterocycles. The molecular weight excluding hydrogens is 2140 g/mol. The highest BCUT2D eigenvalue weighted by molar-refractivity contribution is 6.29. The molecular formula is C84H112Cl7N7O49. The summed E-state index contributed by atoms with van der Waals surface area (Å²) >= 11 is 42.6. The van der Waals surface area contributed by atoms with Crippen molar-refractivity contribution in [3.05, 3.63) is 0 Å². The number of carbonyl (C=O) groups excluding carboxylic acids is 21. The molecule has 0 spiro atoms. The maximum absolute atomic E-state index is 14.1. The molecule has 0 radical (unpaired) electrons. The fourth-order valence-corrected chi connectivity index (χ4v) is 17.3. The summed E-state index contributed by atoms with van der Waals surface area (Å²) in [5.74, 6) is -31.5. The molecule has 7 N–H and O–H groups in total. The van der Waals surface area contributed by atoms with Crippen LogP contribution in [0.1, 0.15) is 96.9 Å². The average molecular weight is 2250 g/mol. The molecule has 826 valence electrons. The maximum atomic E-state index is 14.1. The van der Waals surface area contributed by atoms with Crippen LogP contribution < -0.4 is 37.2 Å². The van der Waals surface area contributed by atoms with E-state index in [0.717, 1.165) is 96.9 Å². The van der Waals surface area contributed by atoms with Gasteiger partial charge in [-0.05, 0) is 0 Å². The molecule has 14 bridgehead atoms. The predicted molar refractivity (Wildman–Crippen MR) is 479 cm³/mol. The maximum Gasteiger partial charge on any atom is 0.303 e. The van der Waals surface area contributed by atoms with Gasteiger partial charge >= 0.3 is 83.6 Å². The highest BCUT2D eigenvalue weighted by Crippen LogP contribution is 2.45. The monoisotopic (exact) mass is 2250 g/mol. The van der Waals surface area contributed by atoms with Crippen LogP contribution in [-0.4, -0.2) is 427 Å². The molecule has 0 saturated carbocycles. The number of amides is 7. The molecule has 56 nitrogen and oxygen atoms in total. The summed E-state index contributed by atoms with van der Waals surface area (Å²) in [6.07, 6.45) is -81.3. The SMILES string of the molecule is CC(=O)O[C@@H]1[C@@H](OC(C)=O)[C@H]2O[C@H]3[C@H](OC(C)=O)[C@@H](OC(C)=O)[C@@H](O[C@H]4[C@H](OC(C)=O)[C@@H](OC(C)=O)[C@@H](O[C@H]5[C@H](OC(C)=O)[C@@H](OC(C)=O)[C@@H](O[C@H]6[C@H](OC(C)=O)[C@@H](OC(C)=O)[C@@H](O[C@H]7[C@H](OC(C)=O)[C@@H](OC(C)=O)[C@@H](O[C@H]8[C@H](OC(C)=O)[C@@H](OC(C)=O)[C@@H](O[C@@H]1[C@@H](CNC(=O)CCl)O2)O[C@@H]8CNC(=O)CCl)O[C@@H]7CNC(=O)CCl)O[C@@H]6CNC(=O)CCl)O[C@@H]5CNC(=O)CCl)O[C@@H]4CNC(=O)CCl)O[C@@H]3CNC(=O)CCl. The van der Waals surface area contributed by atoms with E-state index in [2.05, 4.69) is 37.2 Å². The quantitative estimate of drug-likeness (QED) is 0.0178. The average Bonchev–Trinajstić information content (AvgIpc) is 0.856. The summed E-state index contributed by atoms with van der Waals surface area (Å²) in [6, 6.07) is 0. The summed E-state index contributed by atoms with van der Waals surface area (Å²) < 4.78 is 178. The van der Waals surface area contributed by atoms with Gasteiger partial charge in [-0.3, -0.25) is 101 Å². The third kappa shape index (κ3) is 35.5. The fourth-order valence-electron chi connectivity index (χ4n) is 16.6. The standard InChI is InChI=1S/C84H112Cl7N7O49/c1-29(99)120-64-57-43(22-92-50(113)15-85)134-78(71(64)127-36(8)106)142-58-44(23-93-51(114)16-86)136-80(73(129-38(10)108)65(58)121-30(2)100)144-60-46(25-95-53(116)18-88)138-82(75(131-40(12)110)67(60)123-32(4)102)146-62-48(27-97-55(118)20-90)140-84(77(133-42(14)112)69(62)125-34(6)104)147-63-49(28-98-56(119)21-91)139-83(76(132-41(13)111)70(63)126-35(7)105)145-61-47(26-96-54(117)19-89)137-81(74(130-39(11)109)68(61)124-33(5)103)143-59-45(24-94-52(115)17-87)135-79(141-57)72(128-37(9)107)66(59)122-31(3)101/h43-49,57-84H,15-28H2,1-14H3,(H,92,113)(H,93,114)(H,94,115)(H,95,116)(H,96,117)(H,97,118)(H,98,119)/t43-,44-,45-,46-,47-,48-,49-,57-,58-,59-,60-,61-,62-,63-,64+,65+,66+,67+,68+,69+,70+,71-,72-,73-,74-,75-,76-,77-,78-,79-,80-,81-,82-,83-,84-/m1/s1. The number of carbonyl (C=O) groups is 21. The van der Waals surface area contributed by atoms with E-state index < -0.39 is 427 Å². The van der Waals surface area contributed by atoms with E-state index in [1.165, 1.54) is 0 Å². The second-order valence-electron chi connectivity index (χ2n) is 33.1. The number of nitrogens with one attached hydrogen (secondary N) is 7. The van der Waals surface area contributed by atoms with Crippen molar-refractivity contribution in [3.8, 4) is 0 Å². The number of hydrogen-bond acceptors (Lipinski definition) is 49. The van der Waals surface area contributed by atoms with E-state index in [4.69, 9.17) is 214 Å². The van der Waals surface area contributed by atoms with E-state index in [1.807, 2.05) is 0 Å². The molecule has 0 aromatic rings. The van der Waals surface area contributed by atoms with E-state index in [9.17, 15) is 101 Å². The minimum Gasteiger partial charge on any atom is -0.455 e. The predicted octanol–water partition coefficient (Wildman–Crippen LogP) is -4.70. The molecule has 63 heteroatoms. The van der Waals surface area contributed by atoms with Crippen LogP contribution in [0.5, 0.6) is 0 Å². The molecule has 21 aliphatic rings. The van der Waals surface area contributed by atoms with Gasteiger partial charge in [-0.1, -0.05) is 0 Å². The highest BCUT2D eigenvalue weighted by Gasteiger charge is 2.66. The lowest BCUT2D eigenvalue weighted by molar-refractivity contribution is -0.392. The zero-order chi connectivity index (χ0) is 109. The van der Waals surface area contributed by atoms with Gasteiger partial charge in [0, 0.05) is 143 Å². The minimum atomic E-state index is -2.47. The minimum absolute atomic E-state index is 0.793. The Morgan fingerprint density at radius 1 is 0.156 bits per heavy atom. The first-order valence-corrected chi connectivity index (χ1v) is 48.5. The van der Waals surface area contributed by atoms with Gasteiger partial charge in [0.2, 0.25) is 41.4 Å². The Morgan fingerprint density at radius 3 is 0.327 bits per heavy atom. The Hall–Kier alpha value is -9.66. The summed E-state index contributed by atoms with van der Waals surface area (Å²) in [5, 5.41) is 17.1. The molecule has 7 amide bonds. The molecule has 21 fully saturated rings. The van der Waals surface area contributed by atoms with E-state index in [1.54, 1.807) is 0 Å². The largest absolute Gasteiger partial charge is 0.455 e. The molecule has 0 unspecified atom stereocenters. The molecule has 21 rings (SSSR count). The molecule has 21 heterocycles. The van der Waals surface area contributed by atoms with Crippen molar-refractivity contribution in [2.75, 3.05) is 87.0 Å². The second-order valence-corrected chi connectivity index (χ2v) is 35.0. The van der Waals surface area contributed by atoms with Gasteiger partial charge in [0.15, 0.2) is 129 Å². The third-order valence-corrected chi connectivity index (χ3v) is 23.5. The number of ether oxygens (including phenoxy) is 28. The Balaban J connectivity index is 1.55.